The highest BCUT2D eigenvalue weighted by Crippen LogP contribution is 2.67. The molecule has 4 heteroatoms. The van der Waals surface area contributed by atoms with Crippen molar-refractivity contribution in [3.63, 3.8) is 0 Å². The van der Waals surface area contributed by atoms with Gasteiger partial charge in [-0.2, -0.15) is 0 Å². The van der Waals surface area contributed by atoms with E-state index in [0.29, 0.717) is 0 Å². The van der Waals surface area contributed by atoms with Crippen LogP contribution in [0.5, 0.6) is 0 Å². The van der Waals surface area contributed by atoms with E-state index in [-0.39, 0.29) is 0 Å². The smallest absolute Gasteiger partial charge is 0.0736 e. The van der Waals surface area contributed by atoms with Gasteiger partial charge in [0.1, 0.15) is 0 Å². The quantitative estimate of drug-likeness (QED) is 0.173. The Morgan fingerprint density at radius 2 is 0.494 bits per heavy atom. The Morgan fingerprint density at radius 3 is 0.873 bits per heavy atom. The molecule has 0 bridgehead atoms. The molecule has 0 amide bonds. The van der Waals surface area contributed by atoms with Crippen LogP contribution in [0, 0.1) is 0 Å². The maximum atomic E-state index is 2.61. The number of hydrogen-bond acceptors (Lipinski definition) is 4. The van der Waals surface area contributed by atoms with Gasteiger partial charge in [-0.05, 0) is 161 Å². The predicted octanol–water partition coefficient (Wildman–Crippen LogP) is 19.6. The fourth-order valence-corrected chi connectivity index (χ4v) is 19.0. The second kappa shape index (κ2) is 16.3. The lowest BCUT2D eigenvalue weighted by molar-refractivity contribution is 0.722. The molecule has 0 unspecified atom stereocenters. The summed E-state index contributed by atoms with van der Waals surface area (Å²) >= 11 is 5.69. The largest absolute Gasteiger partial charge is 0.310 e. The molecule has 0 fully saturated rings. The minimum Gasteiger partial charge on any atom is -0.310 e. The molecule has 3 heterocycles. The summed E-state index contributed by atoms with van der Waals surface area (Å²) in [5.74, 6) is 0. The Labute approximate surface area is 472 Å². The van der Waals surface area contributed by atoms with Crippen LogP contribution in [0.25, 0.3) is 33.4 Å². The zero-order chi connectivity index (χ0) is 51.6. The predicted molar refractivity (Wildman–Crippen MR) is 325 cm³/mol. The molecule has 0 saturated carbocycles. The maximum absolute atomic E-state index is 2.61. The fourth-order valence-electron chi connectivity index (χ4n) is 15.5. The van der Waals surface area contributed by atoms with Gasteiger partial charge in [0, 0.05) is 46.3 Å². The van der Waals surface area contributed by atoms with Crippen LogP contribution in [0.15, 0.2) is 302 Å². The van der Waals surface area contributed by atoms with Crippen LogP contribution in [-0.2, 0) is 16.2 Å². The summed E-state index contributed by atoms with van der Waals surface area (Å²) < 4.78 is 0. The highest BCUT2D eigenvalue weighted by Gasteiger charge is 2.54. The van der Waals surface area contributed by atoms with E-state index >= 15 is 0 Å². The molecule has 0 N–H and O–H groups in total. The van der Waals surface area contributed by atoms with Crippen LogP contribution in [-0.4, -0.2) is 0 Å². The minimum atomic E-state index is -0.530. The highest BCUT2D eigenvalue weighted by atomic mass is 32.2. The Morgan fingerprint density at radius 1 is 0.215 bits per heavy atom. The third-order valence-electron chi connectivity index (χ3n) is 18.3. The van der Waals surface area contributed by atoms with Crippen molar-refractivity contribution in [3.8, 4) is 33.4 Å². The zero-order valence-electron chi connectivity index (χ0n) is 42.7. The molecule has 12 aromatic rings. The molecule has 6 aliphatic rings. The summed E-state index contributed by atoms with van der Waals surface area (Å²) in [6.45, 7) is 0. The van der Waals surface area contributed by atoms with Gasteiger partial charge in [-0.3, -0.25) is 0 Å². The van der Waals surface area contributed by atoms with E-state index in [4.69, 9.17) is 0 Å². The van der Waals surface area contributed by atoms with Gasteiger partial charge in [-0.25, -0.2) is 0 Å². The summed E-state index contributed by atoms with van der Waals surface area (Å²) in [5, 5.41) is 0. The van der Waals surface area contributed by atoms with Gasteiger partial charge in [0.15, 0.2) is 0 Å². The van der Waals surface area contributed by atoms with Gasteiger partial charge >= 0.3 is 0 Å². The fraction of sp³-hybridized carbons (Fsp3) is 0.0400. The number of nitrogens with zero attached hydrogens (tertiary/aromatic N) is 1. The molecule has 18 rings (SSSR count). The molecule has 0 aromatic heterocycles. The first kappa shape index (κ1) is 44.5. The lowest BCUT2D eigenvalue weighted by Crippen LogP contribution is -2.32. The number of rotatable bonds is 3. The summed E-state index contributed by atoms with van der Waals surface area (Å²) in [7, 11) is 0. The van der Waals surface area contributed by atoms with Crippen molar-refractivity contribution < 1.29 is 0 Å². The normalized spacial score (nSPS) is 15.5. The van der Waals surface area contributed by atoms with Gasteiger partial charge in [0.2, 0.25) is 0 Å². The second-order valence-electron chi connectivity index (χ2n) is 21.7. The first-order valence-electron chi connectivity index (χ1n) is 27.3. The lowest BCUT2D eigenvalue weighted by atomic mass is 9.67. The van der Waals surface area contributed by atoms with Crippen molar-refractivity contribution in [3.05, 3.63) is 340 Å². The van der Waals surface area contributed by atoms with Gasteiger partial charge in [0.25, 0.3) is 0 Å². The van der Waals surface area contributed by atoms with Crippen LogP contribution in [0.4, 0.5) is 17.1 Å². The van der Waals surface area contributed by atoms with E-state index in [1.807, 2.05) is 35.3 Å². The molecule has 3 spiro atoms. The summed E-state index contributed by atoms with van der Waals surface area (Å²) in [6.07, 6.45) is 0. The number of anilines is 3. The Hall–Kier alpha value is -8.51. The Bertz CT molecular complexity index is 4310. The van der Waals surface area contributed by atoms with E-state index in [0.717, 1.165) is 17.1 Å². The third-order valence-corrected chi connectivity index (χ3v) is 21.7. The van der Waals surface area contributed by atoms with Gasteiger partial charge in [0.05, 0.1) is 21.9 Å². The van der Waals surface area contributed by atoms with Crippen LogP contribution in [0.2, 0.25) is 0 Å². The first-order chi connectivity index (χ1) is 39.2. The Kier molecular flexibility index (Phi) is 9.17. The van der Waals surface area contributed by atoms with Crippen LogP contribution < -0.4 is 4.90 Å². The Balaban J connectivity index is 0.936. The molecule has 79 heavy (non-hydrogen) atoms. The van der Waals surface area contributed by atoms with Crippen LogP contribution in [0.3, 0.4) is 0 Å². The summed E-state index contributed by atoms with van der Waals surface area (Å²) in [5.41, 5.74) is 25.6. The summed E-state index contributed by atoms with van der Waals surface area (Å²) in [6, 6.07) is 105. The first-order valence-corrected chi connectivity index (χ1v) is 29.8. The number of hydrogen-bond donors (Lipinski definition) is 0. The highest BCUT2D eigenvalue weighted by molar-refractivity contribution is 8.00. The van der Waals surface area contributed by atoms with Crippen molar-refractivity contribution in [1.82, 2.24) is 0 Å². The average molecular weight is 1060 g/mol. The van der Waals surface area contributed by atoms with Crippen molar-refractivity contribution in [2.75, 3.05) is 4.90 Å². The standard InChI is InChI=1S/C75H45NS3/c1-4-23-53-48(20-1)51-44-46(40-42-56(51)73(53)58-26-7-13-34-66(58)77-67-35-14-8-27-59(67)73)76(47-41-43-57-52(45-47)49-21-2-5-24-54(49)74(57)60-28-9-15-36-68(60)78-69-37-16-10-29-61(69)74)65-33-19-32-64-72(65)50-22-3-6-25-55(50)75(64)62-30-11-17-38-70(62)79-71-39-18-12-31-63(71)75/h1-45H. The molecule has 368 valence electrons. The van der Waals surface area contributed by atoms with Crippen molar-refractivity contribution >= 4 is 52.3 Å². The van der Waals surface area contributed by atoms with Gasteiger partial charge in [-0.1, -0.05) is 242 Å². The van der Waals surface area contributed by atoms with Crippen molar-refractivity contribution in [2.24, 2.45) is 0 Å². The van der Waals surface area contributed by atoms with E-state index in [9.17, 15) is 0 Å². The maximum Gasteiger partial charge on any atom is 0.0736 e. The molecular formula is C75H45NS3. The number of benzene rings is 12. The molecule has 0 atom stereocenters. The van der Waals surface area contributed by atoms with E-state index in [1.54, 1.807) is 0 Å². The molecule has 12 aromatic carbocycles. The molecule has 0 saturated heterocycles. The SMILES string of the molecule is c1ccc2c(c1)Sc1ccccc1C21c2ccccc2-c2cc(N(c3ccc4c(c3)-c3ccccc3C43c4ccccc4Sc4ccccc43)c3cccc4c3-c3ccccc3C43c4ccccc4Sc4ccccc43)ccc21. The van der Waals surface area contributed by atoms with Crippen molar-refractivity contribution in [2.45, 2.75) is 45.6 Å². The molecule has 3 aliphatic heterocycles. The molecule has 0 radical (unpaired) electrons. The van der Waals surface area contributed by atoms with Crippen LogP contribution in [0.1, 0.15) is 66.8 Å². The zero-order valence-corrected chi connectivity index (χ0v) is 45.1. The monoisotopic (exact) mass is 1060 g/mol. The summed E-state index contributed by atoms with van der Waals surface area (Å²) in [4.78, 5) is 10.5. The molecule has 3 aliphatic carbocycles. The van der Waals surface area contributed by atoms with Crippen molar-refractivity contribution in [1.29, 1.82) is 0 Å². The second-order valence-corrected chi connectivity index (χ2v) is 24.9. The average Bonchev–Trinajstić information content (AvgIpc) is 3.01. The van der Waals surface area contributed by atoms with E-state index < -0.39 is 16.2 Å². The minimum absolute atomic E-state index is 0.483. The third kappa shape index (κ3) is 5.56. The van der Waals surface area contributed by atoms with E-state index in [2.05, 4.69) is 278 Å². The van der Waals surface area contributed by atoms with Gasteiger partial charge < -0.3 is 4.90 Å². The van der Waals surface area contributed by atoms with Crippen LogP contribution >= 0.6 is 35.3 Å². The molecule has 1 nitrogen and oxygen atoms in total. The number of fused-ring (bicyclic) bond motifs is 27. The lowest BCUT2D eigenvalue weighted by Gasteiger charge is -2.40. The van der Waals surface area contributed by atoms with E-state index in [1.165, 1.54) is 130 Å². The topological polar surface area (TPSA) is 3.24 Å². The van der Waals surface area contributed by atoms with Gasteiger partial charge in [-0.15, -0.1) is 0 Å². The molecular weight excluding hydrogens is 1010 g/mol.